The van der Waals surface area contributed by atoms with Crippen molar-refractivity contribution in [2.45, 2.75) is 25.8 Å². The van der Waals surface area contributed by atoms with Gasteiger partial charge in [-0.05, 0) is 49.4 Å². The smallest absolute Gasteiger partial charge is 0.126 e. The largest absolute Gasteiger partial charge is 0.316 e. The van der Waals surface area contributed by atoms with Crippen LogP contribution in [0.1, 0.15) is 18.9 Å². The van der Waals surface area contributed by atoms with Gasteiger partial charge in [-0.1, -0.05) is 18.5 Å². The maximum Gasteiger partial charge on any atom is 0.126 e. The van der Waals surface area contributed by atoms with Gasteiger partial charge in [0, 0.05) is 16.8 Å². The Morgan fingerprint density at radius 1 is 1.47 bits per heavy atom. The molecule has 1 aromatic carbocycles. The summed E-state index contributed by atoms with van der Waals surface area (Å²) >= 11 is 7.78. The molecule has 0 amide bonds. The first-order valence-electron chi connectivity index (χ1n) is 5.86. The van der Waals surface area contributed by atoms with Crippen molar-refractivity contribution < 1.29 is 4.39 Å². The minimum Gasteiger partial charge on any atom is -0.316 e. The van der Waals surface area contributed by atoms with Gasteiger partial charge in [0.25, 0.3) is 0 Å². The van der Waals surface area contributed by atoms with Crippen LogP contribution in [0.15, 0.2) is 18.2 Å². The molecule has 1 atom stereocenters. The number of benzene rings is 1. The SMILES string of the molecule is CCCSCC(Cc1cc(Cl)ccc1F)NC. The van der Waals surface area contributed by atoms with Gasteiger partial charge in [-0.3, -0.25) is 0 Å². The average Bonchev–Trinajstić information content (AvgIpc) is 2.32. The Bertz CT molecular complexity index is 346. The quantitative estimate of drug-likeness (QED) is 0.761. The predicted molar refractivity (Wildman–Crippen MR) is 75.6 cm³/mol. The second kappa shape index (κ2) is 7.96. The summed E-state index contributed by atoms with van der Waals surface area (Å²) < 4.78 is 13.6. The van der Waals surface area contributed by atoms with E-state index in [2.05, 4.69) is 12.2 Å². The molecule has 0 radical (unpaired) electrons. The van der Waals surface area contributed by atoms with E-state index in [1.807, 2.05) is 18.8 Å². The predicted octanol–water partition coefficient (Wildman–Crippen LogP) is 3.75. The Labute approximate surface area is 112 Å². The van der Waals surface area contributed by atoms with Crippen LogP contribution in [0.4, 0.5) is 4.39 Å². The topological polar surface area (TPSA) is 12.0 Å². The van der Waals surface area contributed by atoms with Crippen molar-refractivity contribution >= 4 is 23.4 Å². The van der Waals surface area contributed by atoms with Crippen LogP contribution in [0.2, 0.25) is 5.02 Å². The fraction of sp³-hybridized carbons (Fsp3) is 0.538. The summed E-state index contributed by atoms with van der Waals surface area (Å²) in [5.74, 6) is 1.97. The molecule has 0 aliphatic carbocycles. The summed E-state index contributed by atoms with van der Waals surface area (Å²) in [6, 6.07) is 5.02. The van der Waals surface area contributed by atoms with Crippen LogP contribution in [0, 0.1) is 5.82 Å². The molecule has 1 aromatic rings. The summed E-state index contributed by atoms with van der Waals surface area (Å²) in [6.45, 7) is 2.16. The number of hydrogen-bond donors (Lipinski definition) is 1. The van der Waals surface area contributed by atoms with Crippen LogP contribution in [0.3, 0.4) is 0 Å². The van der Waals surface area contributed by atoms with Gasteiger partial charge in [0.2, 0.25) is 0 Å². The average molecular weight is 276 g/mol. The number of nitrogens with one attached hydrogen (secondary N) is 1. The normalized spacial score (nSPS) is 12.7. The van der Waals surface area contributed by atoms with Crippen molar-refractivity contribution in [1.82, 2.24) is 5.32 Å². The van der Waals surface area contributed by atoms with E-state index in [-0.39, 0.29) is 5.82 Å². The monoisotopic (exact) mass is 275 g/mol. The molecule has 4 heteroatoms. The summed E-state index contributed by atoms with van der Waals surface area (Å²) in [6.07, 6.45) is 1.85. The number of likely N-dealkylation sites (N-methyl/N-ethyl adjacent to an activating group) is 1. The van der Waals surface area contributed by atoms with E-state index in [0.717, 1.165) is 11.5 Å². The van der Waals surface area contributed by atoms with Gasteiger partial charge in [0.1, 0.15) is 5.82 Å². The molecule has 0 fully saturated rings. The molecule has 0 aliphatic heterocycles. The van der Waals surface area contributed by atoms with Gasteiger partial charge >= 0.3 is 0 Å². The van der Waals surface area contributed by atoms with Crippen molar-refractivity contribution in [3.8, 4) is 0 Å². The van der Waals surface area contributed by atoms with Crippen molar-refractivity contribution in [3.63, 3.8) is 0 Å². The zero-order valence-electron chi connectivity index (χ0n) is 10.3. The van der Waals surface area contributed by atoms with Crippen molar-refractivity contribution in [2.24, 2.45) is 0 Å². The summed E-state index contributed by atoms with van der Waals surface area (Å²) in [5, 5.41) is 3.82. The zero-order valence-corrected chi connectivity index (χ0v) is 11.9. The molecule has 0 aliphatic rings. The molecule has 0 bridgehead atoms. The van der Waals surface area contributed by atoms with Gasteiger partial charge < -0.3 is 5.32 Å². The summed E-state index contributed by atoms with van der Waals surface area (Å²) in [4.78, 5) is 0. The molecule has 0 spiro atoms. The van der Waals surface area contributed by atoms with Crippen molar-refractivity contribution in [2.75, 3.05) is 18.6 Å². The first kappa shape index (κ1) is 14.8. The highest BCUT2D eigenvalue weighted by atomic mass is 35.5. The highest BCUT2D eigenvalue weighted by Gasteiger charge is 2.11. The lowest BCUT2D eigenvalue weighted by Gasteiger charge is -2.16. The molecular weight excluding hydrogens is 257 g/mol. The third kappa shape index (κ3) is 5.28. The highest BCUT2D eigenvalue weighted by molar-refractivity contribution is 7.99. The van der Waals surface area contributed by atoms with Crippen LogP contribution in [-0.4, -0.2) is 24.6 Å². The first-order chi connectivity index (χ1) is 8.17. The molecule has 1 nitrogen and oxygen atoms in total. The second-order valence-electron chi connectivity index (χ2n) is 4.00. The molecule has 0 heterocycles. The number of rotatable bonds is 7. The van der Waals surface area contributed by atoms with Crippen LogP contribution >= 0.6 is 23.4 Å². The number of thioether (sulfide) groups is 1. The van der Waals surface area contributed by atoms with Crippen molar-refractivity contribution in [1.29, 1.82) is 0 Å². The van der Waals surface area contributed by atoms with E-state index in [0.29, 0.717) is 23.0 Å². The van der Waals surface area contributed by atoms with E-state index in [1.165, 1.54) is 12.5 Å². The molecular formula is C13H19ClFNS. The third-order valence-electron chi connectivity index (χ3n) is 2.55. The van der Waals surface area contributed by atoms with Crippen LogP contribution < -0.4 is 5.32 Å². The second-order valence-corrected chi connectivity index (χ2v) is 5.59. The van der Waals surface area contributed by atoms with Gasteiger partial charge in [0.05, 0.1) is 0 Å². The fourth-order valence-electron chi connectivity index (χ4n) is 1.58. The summed E-state index contributed by atoms with van der Waals surface area (Å²) in [7, 11) is 1.92. The standard InChI is InChI=1S/C13H19ClFNS/c1-3-6-17-9-12(16-2)8-10-7-11(14)4-5-13(10)15/h4-5,7,12,16H,3,6,8-9H2,1-2H3. The Morgan fingerprint density at radius 3 is 2.88 bits per heavy atom. The fourth-order valence-corrected chi connectivity index (χ4v) is 2.80. The minimum absolute atomic E-state index is 0.171. The van der Waals surface area contributed by atoms with Gasteiger partial charge in [-0.25, -0.2) is 4.39 Å². The Morgan fingerprint density at radius 2 is 2.24 bits per heavy atom. The van der Waals surface area contributed by atoms with E-state index >= 15 is 0 Å². The lowest BCUT2D eigenvalue weighted by Crippen LogP contribution is -2.30. The zero-order chi connectivity index (χ0) is 12.7. The van der Waals surface area contributed by atoms with Gasteiger partial charge in [0.15, 0.2) is 0 Å². The van der Waals surface area contributed by atoms with E-state index in [9.17, 15) is 4.39 Å². The maximum atomic E-state index is 13.6. The molecule has 1 N–H and O–H groups in total. The summed E-state index contributed by atoms with van der Waals surface area (Å²) in [5.41, 5.74) is 0.689. The molecule has 1 rings (SSSR count). The minimum atomic E-state index is -0.171. The third-order valence-corrected chi connectivity index (χ3v) is 4.12. The molecule has 0 saturated carbocycles. The van der Waals surface area contributed by atoms with Gasteiger partial charge in [-0.2, -0.15) is 11.8 Å². The number of halogens is 2. The Hall–Kier alpha value is -0.250. The van der Waals surface area contributed by atoms with E-state index in [4.69, 9.17) is 11.6 Å². The van der Waals surface area contributed by atoms with Crippen LogP contribution in [0.5, 0.6) is 0 Å². The molecule has 17 heavy (non-hydrogen) atoms. The van der Waals surface area contributed by atoms with Crippen molar-refractivity contribution in [3.05, 3.63) is 34.6 Å². The molecule has 1 unspecified atom stereocenters. The highest BCUT2D eigenvalue weighted by Crippen LogP contribution is 2.17. The van der Waals surface area contributed by atoms with Crippen LogP contribution in [-0.2, 0) is 6.42 Å². The Kier molecular flexibility index (Phi) is 6.93. The lowest BCUT2D eigenvalue weighted by molar-refractivity contribution is 0.568. The molecule has 96 valence electrons. The molecule has 0 aromatic heterocycles. The first-order valence-corrected chi connectivity index (χ1v) is 7.39. The van der Waals surface area contributed by atoms with E-state index in [1.54, 1.807) is 12.1 Å². The number of hydrogen-bond acceptors (Lipinski definition) is 2. The lowest BCUT2D eigenvalue weighted by atomic mass is 10.1. The van der Waals surface area contributed by atoms with E-state index < -0.39 is 0 Å². The Balaban J connectivity index is 2.57. The van der Waals surface area contributed by atoms with Gasteiger partial charge in [-0.15, -0.1) is 0 Å². The molecule has 0 saturated heterocycles. The maximum absolute atomic E-state index is 13.6. The van der Waals surface area contributed by atoms with Crippen LogP contribution in [0.25, 0.3) is 0 Å².